The first-order chi connectivity index (χ1) is 8.25. The van der Waals surface area contributed by atoms with Crippen LogP contribution in [0.25, 0.3) is 16.9 Å². The van der Waals surface area contributed by atoms with Gasteiger partial charge in [-0.25, -0.2) is 9.37 Å². The maximum Gasteiger partial charge on any atom is 0.144 e. The van der Waals surface area contributed by atoms with E-state index in [4.69, 9.17) is 11.6 Å². The minimum Gasteiger partial charge on any atom is -0.300 e. The van der Waals surface area contributed by atoms with Gasteiger partial charge in [0.1, 0.15) is 11.6 Å². The van der Waals surface area contributed by atoms with Crippen molar-refractivity contribution in [1.82, 2.24) is 9.38 Å². The van der Waals surface area contributed by atoms with E-state index < -0.39 is 5.82 Å². The van der Waals surface area contributed by atoms with E-state index in [1.54, 1.807) is 18.3 Å². The number of imidazole rings is 1. The third kappa shape index (κ3) is 1.68. The fourth-order valence-corrected chi connectivity index (χ4v) is 1.97. The number of nitrogens with zero attached hydrogens (tertiary/aromatic N) is 2. The molecule has 0 unspecified atom stereocenters. The molecule has 4 heteroatoms. The minimum atomic E-state index is -0.420. The second-order valence-corrected chi connectivity index (χ2v) is 4.11. The van der Waals surface area contributed by atoms with Crippen molar-refractivity contribution in [2.75, 3.05) is 0 Å². The molecule has 2 aromatic heterocycles. The highest BCUT2D eigenvalue weighted by atomic mass is 35.5. The number of hydrogen-bond acceptors (Lipinski definition) is 1. The van der Waals surface area contributed by atoms with Crippen molar-refractivity contribution in [3.63, 3.8) is 0 Å². The second kappa shape index (κ2) is 3.86. The summed E-state index contributed by atoms with van der Waals surface area (Å²) in [5, 5.41) is 0.107. The zero-order chi connectivity index (χ0) is 11.8. The highest BCUT2D eigenvalue weighted by molar-refractivity contribution is 6.31. The number of pyridine rings is 1. The summed E-state index contributed by atoms with van der Waals surface area (Å²) in [7, 11) is 0. The van der Waals surface area contributed by atoms with Gasteiger partial charge >= 0.3 is 0 Å². The van der Waals surface area contributed by atoms with Gasteiger partial charge in [-0.15, -0.1) is 0 Å². The van der Waals surface area contributed by atoms with Crippen LogP contribution in [0.15, 0.2) is 48.8 Å². The van der Waals surface area contributed by atoms with Gasteiger partial charge in [0.15, 0.2) is 0 Å². The van der Waals surface area contributed by atoms with Crippen molar-refractivity contribution < 1.29 is 4.39 Å². The lowest BCUT2D eigenvalue weighted by Gasteiger charge is -2.02. The number of halogens is 2. The smallest absolute Gasteiger partial charge is 0.144 e. The van der Waals surface area contributed by atoms with Gasteiger partial charge in [0, 0.05) is 11.8 Å². The van der Waals surface area contributed by atoms with E-state index in [1.165, 1.54) is 6.07 Å². The molecule has 3 aromatic rings. The first-order valence-corrected chi connectivity index (χ1v) is 5.51. The van der Waals surface area contributed by atoms with Crippen LogP contribution in [0.2, 0.25) is 5.02 Å². The predicted molar refractivity (Wildman–Crippen MR) is 65.6 cm³/mol. The molecule has 0 aliphatic rings. The van der Waals surface area contributed by atoms with Crippen LogP contribution in [0.3, 0.4) is 0 Å². The maximum atomic E-state index is 13.1. The van der Waals surface area contributed by atoms with Gasteiger partial charge in [0.25, 0.3) is 0 Å². The van der Waals surface area contributed by atoms with Gasteiger partial charge in [-0.2, -0.15) is 0 Å². The fourth-order valence-electron chi connectivity index (χ4n) is 1.79. The molecule has 0 N–H and O–H groups in total. The van der Waals surface area contributed by atoms with E-state index in [0.29, 0.717) is 0 Å². The Labute approximate surface area is 102 Å². The molecule has 0 atom stereocenters. The molecule has 0 spiro atoms. The Hall–Kier alpha value is -1.87. The molecule has 2 nitrogen and oxygen atoms in total. The van der Waals surface area contributed by atoms with Crippen LogP contribution in [-0.2, 0) is 0 Å². The van der Waals surface area contributed by atoms with E-state index >= 15 is 0 Å². The number of fused-ring (bicyclic) bond motifs is 1. The maximum absolute atomic E-state index is 13.1. The van der Waals surface area contributed by atoms with Crippen LogP contribution in [0.5, 0.6) is 0 Å². The lowest BCUT2D eigenvalue weighted by atomic mass is 10.2. The summed E-state index contributed by atoms with van der Waals surface area (Å²) < 4.78 is 15.0. The highest BCUT2D eigenvalue weighted by Crippen LogP contribution is 2.24. The van der Waals surface area contributed by atoms with Crippen molar-refractivity contribution in [1.29, 1.82) is 0 Å². The Morgan fingerprint density at radius 1 is 1.18 bits per heavy atom. The van der Waals surface area contributed by atoms with Crippen LogP contribution >= 0.6 is 11.6 Å². The first kappa shape index (κ1) is 10.3. The van der Waals surface area contributed by atoms with E-state index in [1.807, 2.05) is 28.8 Å². The van der Waals surface area contributed by atoms with Crippen LogP contribution in [-0.4, -0.2) is 9.38 Å². The topological polar surface area (TPSA) is 17.3 Å². The van der Waals surface area contributed by atoms with Crippen LogP contribution in [0, 0.1) is 5.82 Å². The monoisotopic (exact) mass is 246 g/mol. The molecule has 84 valence electrons. The quantitative estimate of drug-likeness (QED) is 0.639. The van der Waals surface area contributed by atoms with Crippen LogP contribution < -0.4 is 0 Å². The van der Waals surface area contributed by atoms with Gasteiger partial charge in [0.2, 0.25) is 0 Å². The number of hydrogen-bond donors (Lipinski definition) is 0. The Morgan fingerprint density at radius 3 is 2.88 bits per heavy atom. The molecule has 0 saturated carbocycles. The molecule has 0 bridgehead atoms. The van der Waals surface area contributed by atoms with Gasteiger partial charge in [-0.3, -0.25) is 4.40 Å². The average Bonchev–Trinajstić information content (AvgIpc) is 2.76. The molecule has 0 fully saturated rings. The van der Waals surface area contributed by atoms with E-state index in [0.717, 1.165) is 16.9 Å². The molecule has 0 aliphatic heterocycles. The average molecular weight is 247 g/mol. The van der Waals surface area contributed by atoms with Crippen LogP contribution in [0.1, 0.15) is 0 Å². The van der Waals surface area contributed by atoms with E-state index in [9.17, 15) is 4.39 Å². The van der Waals surface area contributed by atoms with Gasteiger partial charge in [0.05, 0.1) is 16.7 Å². The number of benzene rings is 1. The zero-order valence-electron chi connectivity index (χ0n) is 8.77. The Morgan fingerprint density at radius 2 is 2.06 bits per heavy atom. The summed E-state index contributed by atoms with van der Waals surface area (Å²) in [6.07, 6.45) is 3.68. The van der Waals surface area contributed by atoms with Crippen molar-refractivity contribution in [3.05, 3.63) is 59.6 Å². The van der Waals surface area contributed by atoms with Gasteiger partial charge < -0.3 is 0 Å². The SMILES string of the molecule is Fc1ccc(-c2ncc3ccccn23)cc1Cl. The summed E-state index contributed by atoms with van der Waals surface area (Å²) >= 11 is 5.77. The molecule has 3 rings (SSSR count). The normalized spacial score (nSPS) is 10.9. The van der Waals surface area contributed by atoms with Gasteiger partial charge in [-0.05, 0) is 30.3 Å². The molecule has 1 aromatic carbocycles. The Kier molecular flexibility index (Phi) is 2.34. The highest BCUT2D eigenvalue weighted by Gasteiger charge is 2.08. The third-order valence-electron chi connectivity index (χ3n) is 2.62. The summed E-state index contributed by atoms with van der Waals surface area (Å²) in [5.41, 5.74) is 1.78. The molecule has 2 heterocycles. The second-order valence-electron chi connectivity index (χ2n) is 3.71. The number of aromatic nitrogens is 2. The number of rotatable bonds is 1. The molecular formula is C13H8ClFN2. The van der Waals surface area contributed by atoms with E-state index in [-0.39, 0.29) is 5.02 Å². The lowest BCUT2D eigenvalue weighted by molar-refractivity contribution is 0.628. The summed E-state index contributed by atoms with van der Waals surface area (Å²) in [5.74, 6) is 0.332. The Bertz CT molecular complexity index is 691. The third-order valence-corrected chi connectivity index (χ3v) is 2.91. The molecule has 17 heavy (non-hydrogen) atoms. The zero-order valence-corrected chi connectivity index (χ0v) is 9.53. The molecule has 0 aliphatic carbocycles. The first-order valence-electron chi connectivity index (χ1n) is 5.13. The van der Waals surface area contributed by atoms with Crippen molar-refractivity contribution >= 4 is 17.1 Å². The fraction of sp³-hybridized carbons (Fsp3) is 0. The Balaban J connectivity index is 2.24. The summed E-state index contributed by atoms with van der Waals surface area (Å²) in [6.45, 7) is 0. The molecule has 0 radical (unpaired) electrons. The van der Waals surface area contributed by atoms with Crippen molar-refractivity contribution in [2.24, 2.45) is 0 Å². The largest absolute Gasteiger partial charge is 0.300 e. The standard InChI is InChI=1S/C13H8ClFN2/c14-11-7-9(4-5-12(11)15)13-16-8-10-3-1-2-6-17(10)13/h1-8H. The molecular weight excluding hydrogens is 239 g/mol. The predicted octanol–water partition coefficient (Wildman–Crippen LogP) is 3.79. The molecule has 0 saturated heterocycles. The summed E-state index contributed by atoms with van der Waals surface area (Å²) in [4.78, 5) is 4.32. The summed E-state index contributed by atoms with van der Waals surface area (Å²) in [6, 6.07) is 10.4. The minimum absolute atomic E-state index is 0.107. The molecule has 0 amide bonds. The van der Waals surface area contributed by atoms with Crippen molar-refractivity contribution in [3.8, 4) is 11.4 Å². The lowest BCUT2D eigenvalue weighted by Crippen LogP contribution is -1.89. The van der Waals surface area contributed by atoms with Crippen molar-refractivity contribution in [2.45, 2.75) is 0 Å². The van der Waals surface area contributed by atoms with Gasteiger partial charge in [-0.1, -0.05) is 17.7 Å². The van der Waals surface area contributed by atoms with E-state index in [2.05, 4.69) is 4.98 Å². The van der Waals surface area contributed by atoms with Crippen LogP contribution in [0.4, 0.5) is 4.39 Å².